The molecule has 0 saturated heterocycles. The first-order valence-corrected chi connectivity index (χ1v) is 23.7. The number of para-hydroxylation sites is 1. The van der Waals surface area contributed by atoms with Crippen molar-refractivity contribution >= 4 is 44.6 Å². The zero-order valence-corrected chi connectivity index (χ0v) is 40.7. The van der Waals surface area contributed by atoms with Gasteiger partial charge in [0.05, 0.1) is 22.4 Å². The van der Waals surface area contributed by atoms with Crippen molar-refractivity contribution in [3.63, 3.8) is 0 Å². The third kappa shape index (κ3) is 8.05. The number of anilines is 4. The molecule has 10 rings (SSSR count). The number of ether oxygens (including phenoxy) is 1. The number of pyridine rings is 1. The molecule has 7 aromatic carbocycles. The van der Waals surface area contributed by atoms with Crippen LogP contribution in [0.1, 0.15) is 103 Å². The molecule has 0 fully saturated rings. The standard InChI is InChI=1S/C62H62N4O/c1-59(2,3)46-34-47(60(4,5)6)36-49(35-46)65-41-64(55-31-28-44(37-57(55)65)61(7,8)42-20-13-11-14-21-42)48-24-19-25-50(39-48)67-51-29-30-53-52-26-17-18-27-54(52)66(56(53)40-51)58-38-45(32-33-63-58)62(9,10)43-22-15-12-16-23-43/h11-40H,41H2,1-10H3. The van der Waals surface area contributed by atoms with E-state index in [-0.39, 0.29) is 21.7 Å². The molecule has 0 saturated carbocycles. The van der Waals surface area contributed by atoms with Crippen molar-refractivity contribution in [3.05, 3.63) is 216 Å². The van der Waals surface area contributed by atoms with Gasteiger partial charge in [0, 0.05) is 51.3 Å². The largest absolute Gasteiger partial charge is 0.457 e. The minimum atomic E-state index is -0.212. The SMILES string of the molecule is CC(C)(C)c1cc(N2CN(c3cccc(Oc4ccc5c6ccccc6n(-c6cc(C(C)(C)c7ccccc7)ccn6)c5c4)c3)c3ccc(C(C)(C)c4ccccc4)cc32)cc(C(C)(C)C)c1. The average Bonchev–Trinajstić information content (AvgIpc) is 3.87. The summed E-state index contributed by atoms with van der Waals surface area (Å²) in [6, 6.07) is 63.8. The Kier molecular flexibility index (Phi) is 10.7. The molecule has 1 aliphatic rings. The summed E-state index contributed by atoms with van der Waals surface area (Å²) in [6.45, 7) is 23.8. The summed E-state index contributed by atoms with van der Waals surface area (Å²) in [5.74, 6) is 2.41. The fourth-order valence-corrected chi connectivity index (χ4v) is 9.81. The number of nitrogens with zero attached hydrogens (tertiary/aromatic N) is 4. The van der Waals surface area contributed by atoms with Crippen molar-refractivity contribution in [1.82, 2.24) is 9.55 Å². The van der Waals surface area contributed by atoms with E-state index in [0.717, 1.165) is 39.4 Å². The van der Waals surface area contributed by atoms with E-state index in [2.05, 4.69) is 260 Å². The maximum Gasteiger partial charge on any atom is 0.137 e. The molecule has 5 nitrogen and oxygen atoms in total. The van der Waals surface area contributed by atoms with Crippen LogP contribution in [-0.4, -0.2) is 16.2 Å². The summed E-state index contributed by atoms with van der Waals surface area (Å²) in [5, 5.41) is 2.33. The van der Waals surface area contributed by atoms with E-state index < -0.39 is 0 Å². The van der Waals surface area contributed by atoms with Crippen molar-refractivity contribution in [1.29, 1.82) is 0 Å². The minimum absolute atomic E-state index is 0.0156. The second-order valence-electron chi connectivity index (χ2n) is 21.5. The fourth-order valence-electron chi connectivity index (χ4n) is 9.81. The Morgan fingerprint density at radius 1 is 0.403 bits per heavy atom. The molecular weight excluding hydrogens is 817 g/mol. The topological polar surface area (TPSA) is 33.5 Å². The van der Waals surface area contributed by atoms with Crippen LogP contribution in [0.3, 0.4) is 0 Å². The smallest absolute Gasteiger partial charge is 0.137 e. The quantitative estimate of drug-likeness (QED) is 0.145. The summed E-state index contributed by atoms with van der Waals surface area (Å²) in [7, 11) is 0. The molecule has 0 spiro atoms. The molecule has 67 heavy (non-hydrogen) atoms. The number of rotatable bonds is 9. The minimum Gasteiger partial charge on any atom is -0.457 e. The maximum absolute atomic E-state index is 6.85. The first kappa shape index (κ1) is 43.8. The van der Waals surface area contributed by atoms with Gasteiger partial charge in [0.1, 0.15) is 24.0 Å². The second kappa shape index (κ2) is 16.3. The highest BCUT2D eigenvalue weighted by Gasteiger charge is 2.33. The van der Waals surface area contributed by atoms with Crippen molar-refractivity contribution in [2.24, 2.45) is 0 Å². The monoisotopic (exact) mass is 878 g/mol. The van der Waals surface area contributed by atoms with Gasteiger partial charge in [-0.15, -0.1) is 0 Å². The Labute approximate surface area is 397 Å². The molecular formula is C62H62N4O. The molecule has 336 valence electrons. The van der Waals surface area contributed by atoms with Crippen LogP contribution < -0.4 is 14.5 Å². The Balaban J connectivity index is 1.04. The van der Waals surface area contributed by atoms with E-state index in [1.807, 2.05) is 6.20 Å². The molecule has 0 radical (unpaired) electrons. The maximum atomic E-state index is 6.85. The van der Waals surface area contributed by atoms with Crippen LogP contribution in [-0.2, 0) is 21.7 Å². The van der Waals surface area contributed by atoms with Crippen molar-refractivity contribution < 1.29 is 4.74 Å². The molecule has 3 heterocycles. The molecule has 0 unspecified atom stereocenters. The van der Waals surface area contributed by atoms with Crippen molar-refractivity contribution in [2.45, 2.75) is 90.9 Å². The van der Waals surface area contributed by atoms with Gasteiger partial charge >= 0.3 is 0 Å². The number of benzene rings is 7. The molecule has 9 aromatic rings. The number of fused-ring (bicyclic) bond motifs is 4. The van der Waals surface area contributed by atoms with Gasteiger partial charge in [-0.05, 0) is 111 Å². The van der Waals surface area contributed by atoms with Gasteiger partial charge in [0.2, 0.25) is 0 Å². The first-order chi connectivity index (χ1) is 32.0. The molecule has 2 aromatic heterocycles. The fraction of sp³-hybridized carbons (Fsp3) is 0.242. The molecule has 0 amide bonds. The van der Waals surface area contributed by atoms with Gasteiger partial charge in [-0.2, -0.15) is 0 Å². The highest BCUT2D eigenvalue weighted by Crippen LogP contribution is 2.49. The lowest BCUT2D eigenvalue weighted by Crippen LogP contribution is -2.25. The highest BCUT2D eigenvalue weighted by atomic mass is 16.5. The Morgan fingerprint density at radius 2 is 0.985 bits per heavy atom. The van der Waals surface area contributed by atoms with Crippen molar-refractivity contribution in [2.75, 3.05) is 16.5 Å². The van der Waals surface area contributed by atoms with Gasteiger partial charge in [-0.3, -0.25) is 4.57 Å². The lowest BCUT2D eigenvalue weighted by Gasteiger charge is -2.30. The summed E-state index contributed by atoms with van der Waals surface area (Å²) >= 11 is 0. The normalized spacial score (nSPS) is 13.4. The van der Waals surface area contributed by atoms with Gasteiger partial charge in [0.15, 0.2) is 0 Å². The highest BCUT2D eigenvalue weighted by molar-refractivity contribution is 6.09. The predicted octanol–water partition coefficient (Wildman–Crippen LogP) is 16.5. The lowest BCUT2D eigenvalue weighted by atomic mass is 9.78. The molecule has 0 N–H and O–H groups in total. The molecule has 1 aliphatic heterocycles. The van der Waals surface area contributed by atoms with Crippen LogP contribution in [0.2, 0.25) is 0 Å². The van der Waals surface area contributed by atoms with Gasteiger partial charge < -0.3 is 14.5 Å². The van der Waals surface area contributed by atoms with E-state index in [1.165, 1.54) is 55.8 Å². The Bertz CT molecular complexity index is 3240. The second-order valence-corrected chi connectivity index (χ2v) is 21.5. The molecule has 0 atom stereocenters. The van der Waals surface area contributed by atoms with E-state index >= 15 is 0 Å². The van der Waals surface area contributed by atoms with Gasteiger partial charge in [-0.25, -0.2) is 4.98 Å². The average molecular weight is 879 g/mol. The van der Waals surface area contributed by atoms with E-state index in [4.69, 9.17) is 9.72 Å². The van der Waals surface area contributed by atoms with Gasteiger partial charge in [-0.1, -0.05) is 166 Å². The zero-order valence-electron chi connectivity index (χ0n) is 40.7. The zero-order chi connectivity index (χ0) is 46.9. The van der Waals surface area contributed by atoms with Crippen molar-refractivity contribution in [3.8, 4) is 17.3 Å². The Hall–Kier alpha value is -7.11. The van der Waals surface area contributed by atoms with E-state index in [1.54, 1.807) is 0 Å². The van der Waals surface area contributed by atoms with E-state index in [0.29, 0.717) is 6.67 Å². The third-order valence-corrected chi connectivity index (χ3v) is 14.2. The predicted molar refractivity (Wildman–Crippen MR) is 282 cm³/mol. The van der Waals surface area contributed by atoms with Crippen LogP contribution in [0.4, 0.5) is 22.7 Å². The van der Waals surface area contributed by atoms with Gasteiger partial charge in [0.25, 0.3) is 0 Å². The summed E-state index contributed by atoms with van der Waals surface area (Å²) in [6.07, 6.45) is 1.94. The molecule has 5 heteroatoms. The van der Waals surface area contributed by atoms with Crippen LogP contribution in [0.25, 0.3) is 27.6 Å². The van der Waals surface area contributed by atoms with Crippen LogP contribution in [0, 0.1) is 0 Å². The van der Waals surface area contributed by atoms with Crippen LogP contribution in [0.15, 0.2) is 182 Å². The first-order valence-electron chi connectivity index (χ1n) is 23.7. The third-order valence-electron chi connectivity index (χ3n) is 14.2. The number of hydrogen-bond donors (Lipinski definition) is 0. The van der Waals surface area contributed by atoms with Crippen LogP contribution >= 0.6 is 0 Å². The molecule has 0 bridgehead atoms. The number of hydrogen-bond acceptors (Lipinski definition) is 4. The number of aromatic nitrogens is 2. The summed E-state index contributed by atoms with van der Waals surface area (Å²) in [4.78, 5) is 9.92. The van der Waals surface area contributed by atoms with Crippen LogP contribution in [0.5, 0.6) is 11.5 Å². The summed E-state index contributed by atoms with van der Waals surface area (Å²) < 4.78 is 9.13. The summed E-state index contributed by atoms with van der Waals surface area (Å²) in [5.41, 5.74) is 14.0. The lowest BCUT2D eigenvalue weighted by molar-refractivity contribution is 0.483. The van der Waals surface area contributed by atoms with E-state index in [9.17, 15) is 0 Å². The Morgan fingerprint density at radius 3 is 1.64 bits per heavy atom. The molecule has 0 aliphatic carbocycles.